The molecule has 2 N–H and O–H groups in total. The highest BCUT2D eigenvalue weighted by molar-refractivity contribution is 5.64. The van der Waals surface area contributed by atoms with Crippen LogP contribution < -0.4 is 16.3 Å². The molecule has 2 saturated heterocycles. The van der Waals surface area contributed by atoms with Crippen molar-refractivity contribution >= 4 is 17.5 Å². The quantitative estimate of drug-likeness (QED) is 0.368. The predicted molar refractivity (Wildman–Crippen MR) is 146 cm³/mol. The highest BCUT2D eigenvalue weighted by atomic mass is 19.1. The van der Waals surface area contributed by atoms with E-state index in [1.54, 1.807) is 0 Å². The summed E-state index contributed by atoms with van der Waals surface area (Å²) in [6.45, 7) is 5.72. The van der Waals surface area contributed by atoms with Crippen molar-refractivity contribution < 1.29 is 4.39 Å². The van der Waals surface area contributed by atoms with Crippen molar-refractivity contribution in [3.63, 3.8) is 0 Å². The third-order valence-corrected chi connectivity index (χ3v) is 8.15. The van der Waals surface area contributed by atoms with E-state index in [1.807, 2.05) is 0 Å². The van der Waals surface area contributed by atoms with Gasteiger partial charge in [0.05, 0.1) is 17.6 Å². The first-order valence-corrected chi connectivity index (χ1v) is 13.6. The number of aryl methyl sites for hydroxylation is 1. The number of fused-ring (bicyclic) bond motifs is 1. The zero-order valence-corrected chi connectivity index (χ0v) is 22.8. The molecule has 11 nitrogen and oxygen atoms in total. The van der Waals surface area contributed by atoms with Gasteiger partial charge in [-0.05, 0) is 93.0 Å². The molecular formula is C28H31FN10O. The Bertz CT molecular complexity index is 1620. The monoisotopic (exact) mass is 542 g/mol. The fraction of sp³-hybridized carbons (Fsp3) is 0.500. The van der Waals surface area contributed by atoms with E-state index in [0.29, 0.717) is 17.3 Å². The number of hydrogen-bond donors (Lipinski definition) is 2. The molecule has 12 heteroatoms. The van der Waals surface area contributed by atoms with E-state index in [4.69, 9.17) is 0 Å². The number of rotatable bonds is 5. The van der Waals surface area contributed by atoms with Crippen LogP contribution in [0.15, 0.2) is 23.1 Å². The largest absolute Gasteiger partial charge is 0.368 e. The summed E-state index contributed by atoms with van der Waals surface area (Å²) in [5.74, 6) is 3.56. The first-order valence-electron chi connectivity index (χ1n) is 13.6. The summed E-state index contributed by atoms with van der Waals surface area (Å²) in [5.41, 5.74) is 1.14. The van der Waals surface area contributed by atoms with Gasteiger partial charge in [-0.1, -0.05) is 5.92 Å². The van der Waals surface area contributed by atoms with Crippen LogP contribution >= 0.6 is 0 Å². The van der Waals surface area contributed by atoms with Gasteiger partial charge in [-0.15, -0.1) is 0 Å². The van der Waals surface area contributed by atoms with Gasteiger partial charge in [0.1, 0.15) is 17.4 Å². The zero-order chi connectivity index (χ0) is 28.0. The smallest absolute Gasteiger partial charge is 0.322 e. The molecule has 0 radical (unpaired) electrons. The molecular weight excluding hydrogens is 511 g/mol. The molecule has 2 aromatic heterocycles. The Hall–Kier alpha value is -4.29. The Balaban J connectivity index is 1.24. The van der Waals surface area contributed by atoms with Crippen LogP contribution in [0.2, 0.25) is 0 Å². The molecule has 40 heavy (non-hydrogen) atoms. The second kappa shape index (κ2) is 10.0. The van der Waals surface area contributed by atoms with Gasteiger partial charge in [-0.25, -0.2) is 14.2 Å². The Labute approximate surface area is 231 Å². The van der Waals surface area contributed by atoms with Gasteiger partial charge in [-0.3, -0.25) is 10.2 Å². The van der Waals surface area contributed by atoms with Gasteiger partial charge in [0.2, 0.25) is 5.95 Å². The van der Waals surface area contributed by atoms with Gasteiger partial charge in [0.15, 0.2) is 5.82 Å². The maximum absolute atomic E-state index is 15.2. The van der Waals surface area contributed by atoms with E-state index in [-0.39, 0.29) is 40.4 Å². The summed E-state index contributed by atoms with van der Waals surface area (Å²) in [4.78, 5) is 23.7. The Morgan fingerprint density at radius 1 is 1.20 bits per heavy atom. The lowest BCUT2D eigenvalue weighted by Crippen LogP contribution is -2.52. The van der Waals surface area contributed by atoms with Crippen molar-refractivity contribution in [1.82, 2.24) is 34.7 Å². The molecule has 2 aliphatic heterocycles. The van der Waals surface area contributed by atoms with E-state index < -0.39 is 11.5 Å². The fourth-order valence-corrected chi connectivity index (χ4v) is 6.10. The average Bonchev–Trinajstić information content (AvgIpc) is 3.56. The number of nitrogens with zero attached hydrogens (tertiary/aromatic N) is 8. The summed E-state index contributed by atoms with van der Waals surface area (Å²) in [5, 5.41) is 23.2. The number of hydrogen-bond acceptors (Lipinski definition) is 9. The number of nitriles is 1. The first-order chi connectivity index (χ1) is 19.2. The van der Waals surface area contributed by atoms with Gasteiger partial charge in [-0.2, -0.15) is 19.6 Å². The minimum absolute atomic E-state index is 0.0734. The van der Waals surface area contributed by atoms with Gasteiger partial charge >= 0.3 is 5.69 Å². The Morgan fingerprint density at radius 2 is 2.02 bits per heavy atom. The lowest BCUT2D eigenvalue weighted by Gasteiger charge is -2.46. The van der Waals surface area contributed by atoms with Crippen molar-refractivity contribution in [2.24, 2.45) is 13.0 Å². The summed E-state index contributed by atoms with van der Waals surface area (Å²) in [6, 6.07) is 8.59. The van der Waals surface area contributed by atoms with Crippen molar-refractivity contribution in [2.45, 2.75) is 69.9 Å². The van der Waals surface area contributed by atoms with E-state index in [9.17, 15) is 10.1 Å². The number of halogens is 1. The standard InChI is InChI=1S/C28H31FN10O/c1-28(2)14-17(11-20-5-4-10-38(20)28)8-9-31-25-19(15-30)16-32-26(34-25)33-23-13-24(39-27(40)37(3)35-36-39)21(12-22(23)29)18-6-7-18/h12-13,16-18,20H,4-7,10-11,14H2,1-3H3,(H2,31,32,33,34)/t17-,20+/m1/s1. The summed E-state index contributed by atoms with van der Waals surface area (Å²) in [7, 11) is 1.51. The summed E-state index contributed by atoms with van der Waals surface area (Å²) < 4.78 is 17.5. The number of benzene rings is 1. The molecule has 206 valence electrons. The number of nitrogens with one attached hydrogen (secondary N) is 2. The number of tetrazole rings is 1. The van der Waals surface area contributed by atoms with Crippen molar-refractivity contribution in [3.8, 4) is 23.7 Å². The molecule has 3 fully saturated rings. The highest BCUT2D eigenvalue weighted by Gasteiger charge is 2.42. The maximum atomic E-state index is 15.2. The normalized spacial score (nSPS) is 21.7. The van der Waals surface area contributed by atoms with Crippen molar-refractivity contribution in [1.29, 1.82) is 5.26 Å². The highest BCUT2D eigenvalue weighted by Crippen LogP contribution is 2.44. The van der Waals surface area contributed by atoms with Crippen LogP contribution in [-0.2, 0) is 7.05 Å². The van der Waals surface area contributed by atoms with E-state index in [1.165, 1.54) is 38.2 Å². The van der Waals surface area contributed by atoms with Crippen LogP contribution in [0.3, 0.4) is 0 Å². The molecule has 4 heterocycles. The molecule has 0 spiro atoms. The molecule has 6 rings (SSSR count). The van der Waals surface area contributed by atoms with Crippen LogP contribution in [0.25, 0.3) is 5.69 Å². The van der Waals surface area contributed by atoms with Crippen LogP contribution in [-0.4, -0.2) is 52.8 Å². The Morgan fingerprint density at radius 3 is 2.75 bits per heavy atom. The molecule has 3 aliphatic rings. The average molecular weight is 543 g/mol. The molecule has 1 aliphatic carbocycles. The molecule has 0 bridgehead atoms. The lowest BCUT2D eigenvalue weighted by atomic mass is 9.80. The Kier molecular flexibility index (Phi) is 6.51. The second-order valence-corrected chi connectivity index (χ2v) is 11.5. The van der Waals surface area contributed by atoms with Gasteiger partial charge in [0, 0.05) is 30.6 Å². The minimum Gasteiger partial charge on any atom is -0.322 e. The maximum Gasteiger partial charge on any atom is 0.368 e. The number of piperidine rings is 1. The fourth-order valence-electron chi connectivity index (χ4n) is 6.10. The van der Waals surface area contributed by atoms with E-state index >= 15 is 4.39 Å². The van der Waals surface area contributed by atoms with Gasteiger partial charge < -0.3 is 5.32 Å². The summed E-state index contributed by atoms with van der Waals surface area (Å²) >= 11 is 0. The molecule has 1 saturated carbocycles. The van der Waals surface area contributed by atoms with Crippen LogP contribution in [0, 0.1) is 35.0 Å². The zero-order valence-electron chi connectivity index (χ0n) is 22.8. The minimum atomic E-state index is -0.509. The first kappa shape index (κ1) is 26.0. The number of anilines is 3. The van der Waals surface area contributed by atoms with E-state index in [2.05, 4.69) is 67.8 Å². The van der Waals surface area contributed by atoms with Crippen molar-refractivity contribution in [2.75, 3.05) is 17.2 Å². The topological polar surface area (TPSA) is 130 Å². The summed E-state index contributed by atoms with van der Waals surface area (Å²) in [6.07, 6.45) is 7.65. The van der Waals surface area contributed by atoms with E-state index in [0.717, 1.165) is 41.6 Å². The van der Waals surface area contributed by atoms with Crippen LogP contribution in [0.1, 0.15) is 69.4 Å². The molecule has 3 aromatic rings. The number of aromatic nitrogens is 6. The molecule has 0 amide bonds. The second-order valence-electron chi connectivity index (χ2n) is 11.5. The predicted octanol–water partition coefficient (Wildman–Crippen LogP) is 3.41. The van der Waals surface area contributed by atoms with Gasteiger partial charge in [0.25, 0.3) is 0 Å². The van der Waals surface area contributed by atoms with Crippen LogP contribution in [0.4, 0.5) is 21.8 Å². The molecule has 2 atom stereocenters. The molecule has 0 unspecified atom stereocenters. The third-order valence-electron chi connectivity index (χ3n) is 8.15. The van der Waals surface area contributed by atoms with Crippen molar-refractivity contribution in [3.05, 3.63) is 45.8 Å². The SMILES string of the molecule is Cn1nnn(-c2cc(Nc3ncc(C#N)c(NC#C[C@@H]4C[C@@H]5CCCN5C(C)(C)C4)n3)c(F)cc2C2CC2)c1=O. The third kappa shape index (κ3) is 4.91. The lowest BCUT2D eigenvalue weighted by molar-refractivity contribution is 0.0396. The molecule has 1 aromatic carbocycles. The van der Waals surface area contributed by atoms with Crippen LogP contribution in [0.5, 0.6) is 0 Å².